The normalized spacial score (nSPS) is 10.8. The van der Waals surface area contributed by atoms with Crippen molar-refractivity contribution in [3.05, 3.63) is 131 Å². The fourth-order valence-electron chi connectivity index (χ4n) is 3.53. The third-order valence-corrected chi connectivity index (χ3v) is 6.91. The maximum absolute atomic E-state index is 12.1. The summed E-state index contributed by atoms with van der Waals surface area (Å²) in [6.45, 7) is 19.1. The van der Waals surface area contributed by atoms with Crippen LogP contribution in [0.1, 0.15) is 108 Å². The predicted octanol–water partition coefficient (Wildman–Crippen LogP) is 6.28. The van der Waals surface area contributed by atoms with Crippen molar-refractivity contribution < 1.29 is 64.9 Å². The molecule has 5 rings (SSSR count). The molecule has 0 aromatic heterocycles. The van der Waals surface area contributed by atoms with Crippen molar-refractivity contribution in [3.63, 3.8) is 0 Å². The van der Waals surface area contributed by atoms with Gasteiger partial charge in [0.15, 0.2) is 11.6 Å². The van der Waals surface area contributed by atoms with Gasteiger partial charge in [-0.3, -0.25) is 13.8 Å². The van der Waals surface area contributed by atoms with Crippen LogP contribution in [-0.2, 0) is 24.9 Å². The monoisotopic (exact) mass is 768 g/mol. The Kier molecular flexibility index (Phi) is 38.2. The van der Waals surface area contributed by atoms with Crippen LogP contribution in [0, 0.1) is 0 Å². The zero-order valence-electron chi connectivity index (χ0n) is 33.9. The van der Waals surface area contributed by atoms with E-state index in [4.69, 9.17) is 22.5 Å². The molecule has 1 heterocycles. The first-order valence-electron chi connectivity index (χ1n) is 17.4. The number of benzene rings is 4. The fourth-order valence-corrected chi connectivity index (χ4v) is 4.49. The van der Waals surface area contributed by atoms with Crippen LogP contribution in [0.4, 0.5) is 0 Å². The molecular weight excluding hydrogens is 712 g/mol. The molecule has 1 aliphatic heterocycles. The van der Waals surface area contributed by atoms with Crippen molar-refractivity contribution in [2.45, 2.75) is 75.2 Å². The summed E-state index contributed by atoms with van der Waals surface area (Å²) in [7, 11) is -6.16. The van der Waals surface area contributed by atoms with Gasteiger partial charge in [-0.05, 0) is 61.4 Å². The summed E-state index contributed by atoms with van der Waals surface area (Å²) in [4.78, 5) is 24.0. The summed E-state index contributed by atoms with van der Waals surface area (Å²) in [5.74, 6) is 1.18. The van der Waals surface area contributed by atoms with Crippen LogP contribution in [0.5, 0.6) is 11.5 Å². The number of aromatic hydroxyl groups is 1. The van der Waals surface area contributed by atoms with Gasteiger partial charge in [0.25, 0.3) is 10.1 Å². The van der Waals surface area contributed by atoms with Gasteiger partial charge in [0.2, 0.25) is 0 Å². The van der Waals surface area contributed by atoms with Crippen LogP contribution < -0.4 is 23.6 Å². The molecule has 0 unspecified atom stereocenters. The minimum atomic E-state index is -3.11. The van der Waals surface area contributed by atoms with Crippen molar-refractivity contribution in [2.75, 3.05) is 19.0 Å². The average molecular weight is 769 g/mol. The Morgan fingerprint density at radius 3 is 1.28 bits per heavy atom. The smallest absolute Gasteiger partial charge is 1.00 e. The largest absolute Gasteiger partial charge is 1.00 e. The Bertz CT molecular complexity index is 1670. The summed E-state index contributed by atoms with van der Waals surface area (Å²) >= 11 is 0. The van der Waals surface area contributed by atoms with Crippen LogP contribution >= 0.6 is 0 Å². The number of phenolic OH excluding ortho intramolecular Hbond substituents is 1. The van der Waals surface area contributed by atoms with Gasteiger partial charge in [-0.25, -0.2) is 0 Å². The molecule has 0 bridgehead atoms. The number of hydrogen-bond acceptors (Lipinski definition) is 10. The summed E-state index contributed by atoms with van der Waals surface area (Å²) < 4.78 is 55.5. The van der Waals surface area contributed by atoms with Gasteiger partial charge >= 0.3 is 29.5 Å². The second-order valence-electron chi connectivity index (χ2n) is 8.95. The van der Waals surface area contributed by atoms with Gasteiger partial charge in [0.1, 0.15) is 11.5 Å². The maximum atomic E-state index is 12.1. The third-order valence-electron chi connectivity index (χ3n) is 5.59. The van der Waals surface area contributed by atoms with Crippen LogP contribution in [0.3, 0.4) is 0 Å². The number of carbonyl (C=O) groups is 2. The van der Waals surface area contributed by atoms with Gasteiger partial charge in [0.05, 0.1) is 19.0 Å². The van der Waals surface area contributed by atoms with E-state index in [0.717, 1.165) is 12.2 Å². The predicted molar refractivity (Wildman–Crippen MR) is 211 cm³/mol. The molecule has 10 nitrogen and oxygen atoms in total. The molecule has 0 radical (unpaired) electrons. The van der Waals surface area contributed by atoms with Crippen molar-refractivity contribution in [3.8, 4) is 11.5 Å². The molecule has 0 aliphatic carbocycles. The molecule has 4 aromatic carbocycles. The van der Waals surface area contributed by atoms with Gasteiger partial charge in [-0.2, -0.15) is 8.42 Å². The fraction of sp³-hybridized carbons (Fsp3) is 0.350. The molecule has 1 saturated heterocycles. The van der Waals surface area contributed by atoms with Crippen molar-refractivity contribution in [1.82, 2.24) is 0 Å². The molecule has 13 heteroatoms. The number of carbonyl (C=O) groups excluding carboxylic acids is 2. The second-order valence-corrected chi connectivity index (χ2v) is 11.1. The third kappa shape index (κ3) is 27.3. The van der Waals surface area contributed by atoms with Crippen LogP contribution in [0.15, 0.2) is 109 Å². The molecule has 290 valence electrons. The average Bonchev–Trinajstić information content (AvgIpc) is 3.61. The second kappa shape index (κ2) is 36.3. The zero-order valence-corrected chi connectivity index (χ0v) is 34.5. The van der Waals surface area contributed by atoms with E-state index in [1.54, 1.807) is 36.4 Å². The SMILES string of the molecule is CC.CC.CC.CC.CCCOc1ccc(C(=O)c2ccccc2)cc1.O=C(c1ccccc1)c1ccc(O)cc1.O=S(=O)=O.O=S1(=O)CCCO1.[H-].[Li+]. The molecule has 0 atom stereocenters. The molecule has 4 aromatic rings. The first-order valence-corrected chi connectivity index (χ1v) is 20.0. The van der Waals surface area contributed by atoms with Crippen LogP contribution in [0.2, 0.25) is 0 Å². The molecule has 1 N–H and O–H groups in total. The van der Waals surface area contributed by atoms with E-state index in [0.29, 0.717) is 41.9 Å². The standard InChI is InChI=1S/C16H16O2.C13H10O2.C3H6O3S.4C2H6.Li.O3S.H/c1-2-12-18-15-10-8-14(9-11-15)16(17)13-6-4-3-5-7-13;14-12-8-6-11(7-9-12)13(15)10-4-2-1-3-5-10;4-7(5)3-1-2-6-7;4*1-2;;1-4(2)3;/h3-11H,2,12H2,1H3;1-9,14H;1-3H2;4*1-2H3;;;/q;;;;;;;+1;;-1. The van der Waals surface area contributed by atoms with Crippen molar-refractivity contribution in [1.29, 1.82) is 0 Å². The van der Waals surface area contributed by atoms with Crippen LogP contribution in [0.25, 0.3) is 0 Å². The summed E-state index contributed by atoms with van der Waals surface area (Å²) in [6, 6.07) is 31.9. The molecule has 53 heavy (non-hydrogen) atoms. The number of ketones is 2. The molecule has 1 aliphatic rings. The number of phenols is 1. The first kappa shape index (κ1) is 55.7. The van der Waals surface area contributed by atoms with E-state index >= 15 is 0 Å². The zero-order chi connectivity index (χ0) is 40.4. The minimum Gasteiger partial charge on any atom is -1.00 e. The van der Waals surface area contributed by atoms with Gasteiger partial charge < -0.3 is 11.3 Å². The van der Waals surface area contributed by atoms with Gasteiger partial charge in [-0.15, -0.1) is 12.6 Å². The molecular formula is C40H57LiO10S2. The van der Waals surface area contributed by atoms with E-state index in [2.05, 4.69) is 11.1 Å². The number of rotatable bonds is 7. The molecule has 0 saturated carbocycles. The summed E-state index contributed by atoms with van der Waals surface area (Å²) in [5.41, 5.74) is 2.63. The van der Waals surface area contributed by atoms with Crippen molar-refractivity contribution in [2.24, 2.45) is 0 Å². The Labute approximate surface area is 332 Å². The first-order chi connectivity index (χ1) is 25.0. The Hall–Kier alpha value is -4.05. The Balaban J connectivity index is -0.000000200. The van der Waals surface area contributed by atoms with Gasteiger partial charge in [0, 0.05) is 22.3 Å². The Morgan fingerprint density at radius 1 is 0.660 bits per heavy atom. The van der Waals surface area contributed by atoms with E-state index < -0.39 is 20.7 Å². The number of hydrogen-bond donors (Lipinski definition) is 1. The van der Waals surface area contributed by atoms with E-state index in [9.17, 15) is 18.0 Å². The van der Waals surface area contributed by atoms with E-state index in [1.165, 1.54) is 12.1 Å². The quantitative estimate of drug-likeness (QED) is 0.129. The summed E-state index contributed by atoms with van der Waals surface area (Å²) in [6.07, 6.45) is 1.63. The van der Waals surface area contributed by atoms with Gasteiger partial charge in [-0.1, -0.05) is 123 Å². The Morgan fingerprint density at radius 2 is 1.00 bits per heavy atom. The minimum absolute atomic E-state index is 0. The van der Waals surface area contributed by atoms with E-state index in [-0.39, 0.29) is 43.4 Å². The topological polar surface area (TPSA) is 158 Å². The number of ether oxygens (including phenoxy) is 1. The molecule has 0 spiro atoms. The van der Waals surface area contributed by atoms with E-state index in [1.807, 2.05) is 116 Å². The van der Waals surface area contributed by atoms with Crippen molar-refractivity contribution >= 4 is 32.3 Å². The summed E-state index contributed by atoms with van der Waals surface area (Å²) in [5, 5.41) is 9.10. The maximum Gasteiger partial charge on any atom is 1.00 e. The van der Waals surface area contributed by atoms with Crippen LogP contribution in [-0.4, -0.2) is 56.7 Å². The molecule has 0 amide bonds. The molecule has 1 fully saturated rings.